The first-order chi connectivity index (χ1) is 16.2. The first kappa shape index (κ1) is 18.8. The van der Waals surface area contributed by atoms with Crippen molar-refractivity contribution in [1.82, 2.24) is 4.98 Å². The fourth-order valence-electron chi connectivity index (χ4n) is 6.31. The molecule has 7 rings (SSSR count). The molecule has 2 heteroatoms. The summed E-state index contributed by atoms with van der Waals surface area (Å²) in [6.07, 6.45) is 7.77. The lowest BCUT2D eigenvalue weighted by Gasteiger charge is -2.29. The maximum atomic E-state index is 5.03. The van der Waals surface area contributed by atoms with E-state index in [9.17, 15) is 0 Å². The summed E-state index contributed by atoms with van der Waals surface area (Å²) in [7, 11) is 0. The van der Waals surface area contributed by atoms with Gasteiger partial charge in [-0.15, -0.1) is 0 Å². The standard InChI is InChI=1S/C31H25N2/c1-3-17-31-19-30(31,2)26-16-15-22-10-5-7-13-24(22)29(26)28-18-27(32-20-33(28)31)25-14-8-11-21-9-4-6-12-23(21)25/h3-18,20H,19H2,1-2H3/q+1. The minimum atomic E-state index is -0.0448. The Morgan fingerprint density at radius 2 is 1.58 bits per heavy atom. The Balaban J connectivity index is 1.57. The highest BCUT2D eigenvalue weighted by atomic mass is 15.2. The summed E-state index contributed by atoms with van der Waals surface area (Å²) in [5, 5.41) is 5.09. The van der Waals surface area contributed by atoms with Gasteiger partial charge in [-0.25, -0.2) is 4.57 Å². The molecule has 0 amide bonds. The molecule has 1 saturated carbocycles. The molecule has 1 aromatic heterocycles. The minimum Gasteiger partial charge on any atom is -0.220 e. The van der Waals surface area contributed by atoms with Gasteiger partial charge >= 0.3 is 0 Å². The van der Waals surface area contributed by atoms with E-state index in [-0.39, 0.29) is 11.0 Å². The number of allylic oxidation sites excluding steroid dienone is 2. The van der Waals surface area contributed by atoms with Gasteiger partial charge in [0.05, 0.1) is 0 Å². The number of rotatable bonds is 2. The summed E-state index contributed by atoms with van der Waals surface area (Å²) in [6.45, 7) is 4.54. The van der Waals surface area contributed by atoms with E-state index in [0.29, 0.717) is 0 Å². The van der Waals surface area contributed by atoms with Crippen LogP contribution < -0.4 is 4.57 Å². The Morgan fingerprint density at radius 3 is 2.39 bits per heavy atom. The third-order valence-electron chi connectivity index (χ3n) is 8.02. The molecule has 1 fully saturated rings. The van der Waals surface area contributed by atoms with E-state index >= 15 is 0 Å². The molecule has 0 spiro atoms. The Bertz CT molecular complexity index is 1620. The second-order valence-electron chi connectivity index (χ2n) is 9.70. The van der Waals surface area contributed by atoms with Crippen LogP contribution in [0.1, 0.15) is 25.8 Å². The van der Waals surface area contributed by atoms with Crippen LogP contribution in [-0.4, -0.2) is 4.98 Å². The Labute approximate surface area is 193 Å². The maximum absolute atomic E-state index is 5.03. The van der Waals surface area contributed by atoms with Gasteiger partial charge in [0.1, 0.15) is 11.2 Å². The highest BCUT2D eigenvalue weighted by Gasteiger charge is 2.72. The van der Waals surface area contributed by atoms with Crippen molar-refractivity contribution in [2.24, 2.45) is 0 Å². The zero-order valence-corrected chi connectivity index (χ0v) is 18.9. The number of aromatic nitrogens is 2. The number of fused-ring (bicyclic) bond motifs is 9. The molecule has 0 bridgehead atoms. The summed E-state index contributed by atoms with van der Waals surface area (Å²) in [6, 6.07) is 30.8. The van der Waals surface area contributed by atoms with Crippen molar-refractivity contribution < 1.29 is 4.57 Å². The summed E-state index contributed by atoms with van der Waals surface area (Å²) in [5.74, 6) is 0. The molecule has 33 heavy (non-hydrogen) atoms. The Hall–Kier alpha value is -3.78. The van der Waals surface area contributed by atoms with Crippen molar-refractivity contribution >= 4 is 21.5 Å². The van der Waals surface area contributed by atoms with Crippen molar-refractivity contribution in [3.05, 3.63) is 109 Å². The molecule has 158 valence electrons. The van der Waals surface area contributed by atoms with Crippen molar-refractivity contribution in [2.45, 2.75) is 31.2 Å². The van der Waals surface area contributed by atoms with E-state index in [1.165, 1.54) is 43.9 Å². The molecular formula is C31H25N2+. The smallest absolute Gasteiger partial charge is 0.220 e. The monoisotopic (exact) mass is 425 g/mol. The number of benzene rings is 4. The average Bonchev–Trinajstić information content (AvgIpc) is 3.49. The summed E-state index contributed by atoms with van der Waals surface area (Å²) < 4.78 is 2.44. The van der Waals surface area contributed by atoms with E-state index in [1.807, 2.05) is 0 Å². The van der Waals surface area contributed by atoms with Gasteiger partial charge in [-0.05, 0) is 51.2 Å². The zero-order valence-electron chi connectivity index (χ0n) is 18.9. The molecule has 1 aliphatic heterocycles. The largest absolute Gasteiger partial charge is 0.288 e. The fourth-order valence-corrected chi connectivity index (χ4v) is 6.31. The van der Waals surface area contributed by atoms with Gasteiger partial charge in [-0.1, -0.05) is 85.8 Å². The number of hydrogen-bond donors (Lipinski definition) is 0. The summed E-state index contributed by atoms with van der Waals surface area (Å²) >= 11 is 0. The van der Waals surface area contributed by atoms with Crippen LogP contribution >= 0.6 is 0 Å². The second-order valence-corrected chi connectivity index (χ2v) is 9.70. The molecule has 4 aromatic carbocycles. The zero-order chi connectivity index (χ0) is 22.2. The van der Waals surface area contributed by atoms with Crippen molar-refractivity contribution in [3.8, 4) is 22.5 Å². The molecular weight excluding hydrogens is 400 g/mol. The predicted octanol–water partition coefficient (Wildman–Crippen LogP) is 6.96. The van der Waals surface area contributed by atoms with Crippen LogP contribution in [0.5, 0.6) is 0 Å². The molecule has 2 unspecified atom stereocenters. The SMILES string of the molecule is CC=CC12CC1(C)c1ccc3ccccc3c1-c1cc(-c3cccc4ccccc34)nc[n+]12. The van der Waals surface area contributed by atoms with Crippen LogP contribution in [-0.2, 0) is 11.0 Å². The molecule has 2 nitrogen and oxygen atoms in total. The van der Waals surface area contributed by atoms with Gasteiger partial charge in [0.15, 0.2) is 5.69 Å². The van der Waals surface area contributed by atoms with Crippen molar-refractivity contribution in [2.75, 3.05) is 0 Å². The lowest BCUT2D eigenvalue weighted by molar-refractivity contribution is -0.725. The molecule has 1 aliphatic carbocycles. The van der Waals surface area contributed by atoms with E-state index in [4.69, 9.17) is 4.98 Å². The van der Waals surface area contributed by atoms with Crippen LogP contribution in [0.25, 0.3) is 44.1 Å². The summed E-state index contributed by atoms with van der Waals surface area (Å²) in [4.78, 5) is 5.03. The van der Waals surface area contributed by atoms with Gasteiger partial charge in [0, 0.05) is 29.0 Å². The van der Waals surface area contributed by atoms with Crippen LogP contribution in [0, 0.1) is 0 Å². The molecule has 5 aromatic rings. The van der Waals surface area contributed by atoms with Crippen molar-refractivity contribution in [3.63, 3.8) is 0 Å². The van der Waals surface area contributed by atoms with E-state index < -0.39 is 0 Å². The first-order valence-corrected chi connectivity index (χ1v) is 11.7. The molecule has 0 N–H and O–H groups in total. The lowest BCUT2D eigenvalue weighted by Crippen LogP contribution is -2.53. The highest BCUT2D eigenvalue weighted by molar-refractivity contribution is 6.00. The van der Waals surface area contributed by atoms with E-state index in [2.05, 4.69) is 122 Å². The number of nitrogens with zero attached hydrogens (tertiary/aromatic N) is 2. The van der Waals surface area contributed by atoms with Crippen LogP contribution in [0.4, 0.5) is 0 Å². The van der Waals surface area contributed by atoms with Crippen LogP contribution in [0.3, 0.4) is 0 Å². The van der Waals surface area contributed by atoms with Crippen molar-refractivity contribution in [1.29, 1.82) is 0 Å². The molecule has 2 atom stereocenters. The molecule has 2 aliphatic rings. The molecule has 0 saturated heterocycles. The highest BCUT2D eigenvalue weighted by Crippen LogP contribution is 2.65. The summed E-state index contributed by atoms with van der Waals surface area (Å²) in [5.41, 5.74) is 6.31. The first-order valence-electron chi connectivity index (χ1n) is 11.7. The van der Waals surface area contributed by atoms with Gasteiger partial charge in [0.25, 0.3) is 6.33 Å². The van der Waals surface area contributed by atoms with E-state index in [1.54, 1.807) is 0 Å². The van der Waals surface area contributed by atoms with Gasteiger partial charge in [-0.3, -0.25) is 0 Å². The third-order valence-corrected chi connectivity index (χ3v) is 8.02. The topological polar surface area (TPSA) is 16.8 Å². The Kier molecular flexibility index (Phi) is 3.63. The van der Waals surface area contributed by atoms with Crippen LogP contribution in [0.2, 0.25) is 0 Å². The maximum Gasteiger partial charge on any atom is 0.288 e. The normalized spacial score (nSPS) is 22.8. The van der Waals surface area contributed by atoms with Gasteiger partial charge < -0.3 is 0 Å². The van der Waals surface area contributed by atoms with Gasteiger partial charge in [-0.2, -0.15) is 0 Å². The average molecular weight is 426 g/mol. The molecule has 2 heterocycles. The third kappa shape index (κ3) is 2.33. The second kappa shape index (κ2) is 6.39. The lowest BCUT2D eigenvalue weighted by atomic mass is 9.81. The van der Waals surface area contributed by atoms with E-state index in [0.717, 1.165) is 12.1 Å². The van der Waals surface area contributed by atoms with Crippen LogP contribution in [0.15, 0.2) is 103 Å². The molecule has 0 radical (unpaired) electrons. The fraction of sp³-hybridized carbons (Fsp3) is 0.161. The predicted molar refractivity (Wildman–Crippen MR) is 135 cm³/mol. The number of hydrogen-bond acceptors (Lipinski definition) is 1. The Morgan fingerprint density at radius 1 is 0.848 bits per heavy atom. The quantitative estimate of drug-likeness (QED) is 0.221. The minimum absolute atomic E-state index is 0.0448. The van der Waals surface area contributed by atoms with Gasteiger partial charge in [0.2, 0.25) is 0 Å².